The minimum atomic E-state index is -4.46. The van der Waals surface area contributed by atoms with E-state index in [1.54, 1.807) is 4.90 Å². The van der Waals surface area contributed by atoms with Crippen LogP contribution in [0.5, 0.6) is 0 Å². The zero-order valence-electron chi connectivity index (χ0n) is 20.6. The van der Waals surface area contributed by atoms with E-state index in [-0.39, 0.29) is 11.6 Å². The normalized spacial score (nSPS) is 21.4. The molecule has 0 aromatic heterocycles. The molecule has 7 nitrogen and oxygen atoms in total. The van der Waals surface area contributed by atoms with E-state index in [0.29, 0.717) is 25.1 Å². The molecule has 2 aromatic rings. The molecule has 192 valence electrons. The number of alkyl halides is 3. The summed E-state index contributed by atoms with van der Waals surface area (Å²) in [5.41, 5.74) is -0.00444. The van der Waals surface area contributed by atoms with E-state index in [0.717, 1.165) is 17.6 Å². The second-order valence-electron chi connectivity index (χ2n) is 10.0. The van der Waals surface area contributed by atoms with Crippen LogP contribution in [0.2, 0.25) is 0 Å². The van der Waals surface area contributed by atoms with Crippen molar-refractivity contribution >= 4 is 35.9 Å². The van der Waals surface area contributed by atoms with E-state index >= 15 is 0 Å². The van der Waals surface area contributed by atoms with Gasteiger partial charge in [0.1, 0.15) is 6.04 Å². The number of carbonyl (C=O) groups excluding carboxylic acids is 2. The lowest BCUT2D eigenvalue weighted by Gasteiger charge is -2.32. The number of hydrogen-bond donors (Lipinski definition) is 2. The molecule has 0 aliphatic carbocycles. The van der Waals surface area contributed by atoms with Gasteiger partial charge in [0.05, 0.1) is 16.8 Å². The van der Waals surface area contributed by atoms with Crippen LogP contribution in [-0.2, 0) is 20.3 Å². The number of amides is 3. The molecule has 11 heteroatoms. The molecule has 2 heterocycles. The predicted molar refractivity (Wildman–Crippen MR) is 131 cm³/mol. The maximum absolute atomic E-state index is 13.1. The predicted octanol–water partition coefficient (Wildman–Crippen LogP) is 4.32. The Balaban J connectivity index is 1.37. The van der Waals surface area contributed by atoms with E-state index in [9.17, 15) is 22.8 Å². The molecule has 0 radical (unpaired) electrons. The molecule has 4 rings (SSSR count). The van der Waals surface area contributed by atoms with Crippen LogP contribution < -0.4 is 21.0 Å². The summed E-state index contributed by atoms with van der Waals surface area (Å²) in [6.07, 6.45) is -3.32. The molecule has 0 spiro atoms. The maximum Gasteiger partial charge on any atom is 0.494 e. The lowest BCUT2D eigenvalue weighted by molar-refractivity contribution is -0.137. The number of hydrogen-bond acceptors (Lipinski definition) is 4. The van der Waals surface area contributed by atoms with Gasteiger partial charge in [-0.25, -0.2) is 4.79 Å². The summed E-state index contributed by atoms with van der Waals surface area (Å²) >= 11 is 0. The number of halogens is 3. The summed E-state index contributed by atoms with van der Waals surface area (Å²) < 4.78 is 50.3. The van der Waals surface area contributed by atoms with Crippen molar-refractivity contribution in [3.63, 3.8) is 0 Å². The van der Waals surface area contributed by atoms with Crippen LogP contribution in [0.3, 0.4) is 0 Å². The Hall–Kier alpha value is -3.05. The third kappa shape index (κ3) is 5.36. The first-order chi connectivity index (χ1) is 16.8. The number of anilines is 2. The fourth-order valence-electron chi connectivity index (χ4n) is 4.12. The van der Waals surface area contributed by atoms with E-state index in [2.05, 4.69) is 10.6 Å². The summed E-state index contributed by atoms with van der Waals surface area (Å²) in [5.74, 6) is -0.257. The van der Waals surface area contributed by atoms with E-state index < -0.39 is 42.1 Å². The Bertz CT molecular complexity index is 1100. The Kier molecular flexibility index (Phi) is 6.83. The maximum atomic E-state index is 13.1. The summed E-state index contributed by atoms with van der Waals surface area (Å²) in [4.78, 5) is 27.1. The molecule has 1 atom stereocenters. The highest BCUT2D eigenvalue weighted by Crippen LogP contribution is 2.36. The van der Waals surface area contributed by atoms with Crippen LogP contribution in [0, 0.1) is 0 Å². The molecular formula is C25H29BF3N3O4. The number of carbonyl (C=O) groups is 2. The number of rotatable bonds is 4. The van der Waals surface area contributed by atoms with Crippen molar-refractivity contribution in [2.24, 2.45) is 0 Å². The Morgan fingerprint density at radius 1 is 1.00 bits per heavy atom. The molecule has 2 saturated heterocycles. The number of urea groups is 1. The highest BCUT2D eigenvalue weighted by Gasteiger charge is 2.51. The molecule has 2 aromatic carbocycles. The Morgan fingerprint density at radius 2 is 1.58 bits per heavy atom. The zero-order chi connectivity index (χ0) is 26.3. The fraction of sp³-hybridized carbons (Fsp3) is 0.440. The number of nitrogens with one attached hydrogen (secondary N) is 2. The van der Waals surface area contributed by atoms with Gasteiger partial charge < -0.3 is 24.8 Å². The van der Waals surface area contributed by atoms with Crippen molar-refractivity contribution in [2.75, 3.05) is 16.8 Å². The third-order valence-electron chi connectivity index (χ3n) is 6.94. The van der Waals surface area contributed by atoms with E-state index in [1.165, 1.54) is 12.1 Å². The molecule has 0 saturated carbocycles. The topological polar surface area (TPSA) is 79.9 Å². The van der Waals surface area contributed by atoms with Gasteiger partial charge in [0.25, 0.3) is 0 Å². The van der Waals surface area contributed by atoms with Gasteiger partial charge in [-0.1, -0.05) is 12.1 Å². The van der Waals surface area contributed by atoms with Gasteiger partial charge in [0, 0.05) is 17.9 Å². The number of piperidine rings is 1. The summed E-state index contributed by atoms with van der Waals surface area (Å²) in [6, 6.07) is 10.1. The monoisotopic (exact) mass is 503 g/mol. The molecule has 2 aliphatic heterocycles. The first-order valence-corrected chi connectivity index (χ1v) is 11.8. The minimum absolute atomic E-state index is 0.193. The smallest absolute Gasteiger partial charge is 0.399 e. The Morgan fingerprint density at radius 3 is 2.14 bits per heavy atom. The van der Waals surface area contributed by atoms with Crippen molar-refractivity contribution < 1.29 is 32.1 Å². The SMILES string of the molecule is CC1(C)OB(c2ccc(N3CCCC(NC(=O)Nc4ccc(C(F)(F)F)cc4)C3=O)cc2)OC1(C)C. The van der Waals surface area contributed by atoms with E-state index in [4.69, 9.17) is 9.31 Å². The number of benzene rings is 2. The van der Waals surface area contributed by atoms with Crippen molar-refractivity contribution in [3.8, 4) is 0 Å². The average molecular weight is 503 g/mol. The van der Waals surface area contributed by atoms with Crippen LogP contribution >= 0.6 is 0 Å². The summed E-state index contributed by atoms with van der Waals surface area (Å²) in [5, 5.41) is 5.11. The lowest BCUT2D eigenvalue weighted by Crippen LogP contribution is -2.53. The van der Waals surface area contributed by atoms with Crippen LogP contribution in [-0.4, -0.2) is 42.8 Å². The first-order valence-electron chi connectivity index (χ1n) is 11.8. The van der Waals surface area contributed by atoms with Crippen molar-refractivity contribution in [1.29, 1.82) is 0 Å². The second-order valence-corrected chi connectivity index (χ2v) is 10.0. The highest BCUT2D eigenvalue weighted by atomic mass is 19.4. The summed E-state index contributed by atoms with van der Waals surface area (Å²) in [6.45, 7) is 8.43. The molecule has 2 aliphatic rings. The average Bonchev–Trinajstić information content (AvgIpc) is 3.02. The number of nitrogens with zero attached hydrogens (tertiary/aromatic N) is 1. The van der Waals surface area contributed by atoms with Gasteiger partial charge in [0.15, 0.2) is 0 Å². The molecule has 3 amide bonds. The van der Waals surface area contributed by atoms with Crippen molar-refractivity contribution in [2.45, 2.75) is 64.0 Å². The van der Waals surface area contributed by atoms with Gasteiger partial charge in [-0.05, 0) is 82.4 Å². The standard InChI is InChI=1S/C25H29BF3N3O4/c1-23(2)24(3,4)36-26(35-23)17-9-13-19(14-10-17)32-15-5-6-20(21(32)33)31-22(34)30-18-11-7-16(8-12-18)25(27,28)29/h7-14,20H,5-6,15H2,1-4H3,(H2,30,31,34). The van der Waals surface area contributed by atoms with Crippen molar-refractivity contribution in [1.82, 2.24) is 5.32 Å². The van der Waals surface area contributed by atoms with Gasteiger partial charge in [-0.15, -0.1) is 0 Å². The largest absolute Gasteiger partial charge is 0.494 e. The quantitative estimate of drug-likeness (QED) is 0.610. The van der Waals surface area contributed by atoms with Gasteiger partial charge >= 0.3 is 19.3 Å². The Labute approximate surface area is 208 Å². The van der Waals surface area contributed by atoms with Crippen LogP contribution in [0.4, 0.5) is 29.3 Å². The lowest BCUT2D eigenvalue weighted by atomic mass is 9.79. The van der Waals surface area contributed by atoms with Crippen molar-refractivity contribution in [3.05, 3.63) is 54.1 Å². The fourth-order valence-corrected chi connectivity index (χ4v) is 4.12. The molecule has 0 bridgehead atoms. The summed E-state index contributed by atoms with van der Waals surface area (Å²) in [7, 11) is -0.510. The molecule has 36 heavy (non-hydrogen) atoms. The second kappa shape index (κ2) is 9.44. The molecular weight excluding hydrogens is 474 g/mol. The van der Waals surface area contributed by atoms with Gasteiger partial charge in [-0.3, -0.25) is 4.79 Å². The third-order valence-corrected chi connectivity index (χ3v) is 6.94. The van der Waals surface area contributed by atoms with Crippen LogP contribution in [0.1, 0.15) is 46.1 Å². The van der Waals surface area contributed by atoms with Crippen LogP contribution in [0.25, 0.3) is 0 Å². The van der Waals surface area contributed by atoms with Gasteiger partial charge in [-0.2, -0.15) is 13.2 Å². The molecule has 2 N–H and O–H groups in total. The van der Waals surface area contributed by atoms with E-state index in [1.807, 2.05) is 52.0 Å². The highest BCUT2D eigenvalue weighted by molar-refractivity contribution is 6.62. The molecule has 1 unspecified atom stereocenters. The van der Waals surface area contributed by atoms with Gasteiger partial charge in [0.2, 0.25) is 5.91 Å². The molecule has 2 fully saturated rings. The minimum Gasteiger partial charge on any atom is -0.399 e. The van der Waals surface area contributed by atoms with Crippen LogP contribution in [0.15, 0.2) is 48.5 Å². The zero-order valence-corrected chi connectivity index (χ0v) is 20.6. The first kappa shape index (κ1) is 26.0.